The first-order chi connectivity index (χ1) is 11.0. The summed E-state index contributed by atoms with van der Waals surface area (Å²) in [5, 5.41) is 2.68. The third-order valence-corrected chi connectivity index (χ3v) is 5.44. The molecule has 0 heterocycles. The number of hydrogen-bond acceptors (Lipinski definition) is 4. The van der Waals surface area contributed by atoms with Crippen LogP contribution in [0.1, 0.15) is 42.5 Å². The molecule has 0 aromatic heterocycles. The molecule has 2 N–H and O–H groups in total. The Morgan fingerprint density at radius 3 is 2.70 bits per heavy atom. The maximum Gasteiger partial charge on any atom is 0.251 e. The molecule has 128 valence electrons. The van der Waals surface area contributed by atoms with Crippen molar-refractivity contribution in [1.82, 2.24) is 10.0 Å². The Labute approximate surface area is 137 Å². The summed E-state index contributed by atoms with van der Waals surface area (Å²) >= 11 is 0. The molecule has 1 saturated carbocycles. The summed E-state index contributed by atoms with van der Waals surface area (Å²) in [7, 11) is -2.04. The molecule has 0 atom stereocenters. The molecule has 1 aromatic carbocycles. The second-order valence-electron chi connectivity index (χ2n) is 5.73. The van der Waals surface area contributed by atoms with Gasteiger partial charge in [0.1, 0.15) is 0 Å². The van der Waals surface area contributed by atoms with Crippen molar-refractivity contribution < 1.29 is 17.9 Å². The van der Waals surface area contributed by atoms with Gasteiger partial charge in [-0.05, 0) is 31.0 Å². The quantitative estimate of drug-likeness (QED) is 0.740. The lowest BCUT2D eigenvalue weighted by Crippen LogP contribution is -2.36. The number of ether oxygens (including phenoxy) is 1. The highest BCUT2D eigenvalue weighted by Gasteiger charge is 2.22. The number of benzene rings is 1. The van der Waals surface area contributed by atoms with Gasteiger partial charge >= 0.3 is 0 Å². The Morgan fingerprint density at radius 2 is 2.00 bits per heavy atom. The molecule has 2 rings (SSSR count). The van der Waals surface area contributed by atoms with Gasteiger partial charge in [-0.2, -0.15) is 0 Å². The topological polar surface area (TPSA) is 84.5 Å². The van der Waals surface area contributed by atoms with Crippen molar-refractivity contribution >= 4 is 15.9 Å². The minimum absolute atomic E-state index is 0.00654. The van der Waals surface area contributed by atoms with Gasteiger partial charge in [0, 0.05) is 25.3 Å². The van der Waals surface area contributed by atoms with Crippen LogP contribution in [0, 0.1) is 0 Å². The standard InChI is InChI=1S/C16H24N2O4S/c1-22-11-10-17-16(19)13-6-5-9-15(12-13)23(20,21)18-14-7-3-2-4-8-14/h5-6,9,12,14,18H,2-4,7-8,10-11H2,1H3,(H,17,19). The van der Waals surface area contributed by atoms with E-state index in [9.17, 15) is 13.2 Å². The zero-order valence-corrected chi connectivity index (χ0v) is 14.2. The average Bonchev–Trinajstić information content (AvgIpc) is 2.55. The maximum atomic E-state index is 12.5. The van der Waals surface area contributed by atoms with Gasteiger partial charge in [0.25, 0.3) is 5.91 Å². The van der Waals surface area contributed by atoms with E-state index >= 15 is 0 Å². The van der Waals surface area contributed by atoms with Crippen molar-refractivity contribution in [1.29, 1.82) is 0 Å². The Hall–Kier alpha value is -1.44. The molecule has 0 spiro atoms. The van der Waals surface area contributed by atoms with Crippen LogP contribution in [0.3, 0.4) is 0 Å². The van der Waals surface area contributed by atoms with E-state index in [0.29, 0.717) is 18.7 Å². The molecule has 0 saturated heterocycles. The third-order valence-electron chi connectivity index (χ3n) is 3.93. The number of hydrogen-bond donors (Lipinski definition) is 2. The number of nitrogens with one attached hydrogen (secondary N) is 2. The number of methoxy groups -OCH3 is 1. The van der Waals surface area contributed by atoms with Gasteiger partial charge in [-0.25, -0.2) is 13.1 Å². The molecule has 1 amide bonds. The maximum absolute atomic E-state index is 12.5. The lowest BCUT2D eigenvalue weighted by molar-refractivity contribution is 0.0937. The van der Waals surface area contributed by atoms with Crippen molar-refractivity contribution in [2.24, 2.45) is 0 Å². The lowest BCUT2D eigenvalue weighted by atomic mass is 9.96. The highest BCUT2D eigenvalue weighted by molar-refractivity contribution is 7.89. The van der Waals surface area contributed by atoms with Crippen LogP contribution in [0.4, 0.5) is 0 Å². The number of sulfonamides is 1. The summed E-state index contributed by atoms with van der Waals surface area (Å²) in [5.74, 6) is -0.309. The van der Waals surface area contributed by atoms with Crippen LogP contribution >= 0.6 is 0 Å². The molecule has 1 fully saturated rings. The second kappa shape index (κ2) is 8.42. The third kappa shape index (κ3) is 5.30. The normalized spacial score (nSPS) is 16.2. The Balaban J connectivity index is 2.06. The van der Waals surface area contributed by atoms with Gasteiger partial charge in [-0.15, -0.1) is 0 Å². The average molecular weight is 340 g/mol. The number of amides is 1. The van der Waals surface area contributed by atoms with Crippen LogP contribution in [-0.4, -0.2) is 40.6 Å². The van der Waals surface area contributed by atoms with Crippen LogP contribution in [0.15, 0.2) is 29.2 Å². The van der Waals surface area contributed by atoms with Crippen LogP contribution in [0.2, 0.25) is 0 Å². The van der Waals surface area contributed by atoms with Crippen molar-refractivity contribution in [3.63, 3.8) is 0 Å². The van der Waals surface area contributed by atoms with Gasteiger partial charge < -0.3 is 10.1 Å². The van der Waals surface area contributed by atoms with E-state index < -0.39 is 10.0 Å². The molecule has 1 aliphatic rings. The van der Waals surface area contributed by atoms with Crippen molar-refractivity contribution in [3.05, 3.63) is 29.8 Å². The minimum Gasteiger partial charge on any atom is -0.383 e. The Kier molecular flexibility index (Phi) is 6.56. The molecule has 1 aliphatic carbocycles. The largest absolute Gasteiger partial charge is 0.383 e. The number of carbonyl (C=O) groups excluding carboxylic acids is 1. The molecule has 7 heteroatoms. The van der Waals surface area contributed by atoms with E-state index in [-0.39, 0.29) is 16.8 Å². The van der Waals surface area contributed by atoms with Crippen LogP contribution in [0.5, 0.6) is 0 Å². The fourth-order valence-electron chi connectivity index (χ4n) is 2.68. The molecule has 1 aromatic rings. The SMILES string of the molecule is COCCNC(=O)c1cccc(S(=O)(=O)NC2CCCCC2)c1. The lowest BCUT2D eigenvalue weighted by Gasteiger charge is -2.22. The Bertz CT molecular complexity index is 625. The summed E-state index contributed by atoms with van der Waals surface area (Å²) in [5.41, 5.74) is 0.327. The number of carbonyl (C=O) groups is 1. The summed E-state index contributed by atoms with van der Waals surface area (Å²) in [4.78, 5) is 12.1. The summed E-state index contributed by atoms with van der Waals surface area (Å²) in [6, 6.07) is 6.10. The van der Waals surface area contributed by atoms with Crippen molar-refractivity contribution in [2.75, 3.05) is 20.3 Å². The van der Waals surface area contributed by atoms with E-state index in [2.05, 4.69) is 10.0 Å². The first-order valence-electron chi connectivity index (χ1n) is 7.92. The van der Waals surface area contributed by atoms with Crippen LogP contribution < -0.4 is 10.0 Å². The molecule has 0 aliphatic heterocycles. The van der Waals surface area contributed by atoms with E-state index in [0.717, 1.165) is 32.1 Å². The zero-order valence-electron chi connectivity index (χ0n) is 13.4. The monoisotopic (exact) mass is 340 g/mol. The van der Waals surface area contributed by atoms with Gasteiger partial charge in [0.05, 0.1) is 11.5 Å². The predicted octanol–water partition coefficient (Wildman–Crippen LogP) is 1.67. The fraction of sp³-hybridized carbons (Fsp3) is 0.562. The molecule has 0 radical (unpaired) electrons. The zero-order chi connectivity index (χ0) is 16.7. The molecule has 0 unspecified atom stereocenters. The number of rotatable bonds is 7. The fourth-order valence-corrected chi connectivity index (χ4v) is 4.03. The highest BCUT2D eigenvalue weighted by atomic mass is 32.2. The summed E-state index contributed by atoms with van der Waals surface area (Å²) in [6.07, 6.45) is 5.01. The predicted molar refractivity (Wildman–Crippen MR) is 87.8 cm³/mol. The van der Waals surface area contributed by atoms with Gasteiger partial charge in [0.15, 0.2) is 0 Å². The van der Waals surface area contributed by atoms with Gasteiger partial charge in [0.2, 0.25) is 10.0 Å². The summed E-state index contributed by atoms with van der Waals surface area (Å²) < 4.78 is 32.6. The van der Waals surface area contributed by atoms with E-state index in [1.807, 2.05) is 0 Å². The van der Waals surface area contributed by atoms with Crippen molar-refractivity contribution in [3.8, 4) is 0 Å². The van der Waals surface area contributed by atoms with E-state index in [1.165, 1.54) is 12.1 Å². The molecule has 6 nitrogen and oxygen atoms in total. The smallest absolute Gasteiger partial charge is 0.251 e. The minimum atomic E-state index is -3.60. The first kappa shape index (κ1) is 17.9. The second-order valence-corrected chi connectivity index (χ2v) is 7.45. The Morgan fingerprint density at radius 1 is 1.26 bits per heavy atom. The molecular weight excluding hydrogens is 316 g/mol. The van der Waals surface area contributed by atoms with Crippen molar-refractivity contribution in [2.45, 2.75) is 43.0 Å². The van der Waals surface area contributed by atoms with Gasteiger partial charge in [-0.3, -0.25) is 4.79 Å². The molecule has 0 bridgehead atoms. The molecular formula is C16H24N2O4S. The van der Waals surface area contributed by atoms with Crippen LogP contribution in [0.25, 0.3) is 0 Å². The molecule has 23 heavy (non-hydrogen) atoms. The van der Waals surface area contributed by atoms with Crippen LogP contribution in [-0.2, 0) is 14.8 Å². The first-order valence-corrected chi connectivity index (χ1v) is 9.41. The van der Waals surface area contributed by atoms with E-state index in [4.69, 9.17) is 4.74 Å². The van der Waals surface area contributed by atoms with E-state index in [1.54, 1.807) is 19.2 Å². The van der Waals surface area contributed by atoms with Gasteiger partial charge in [-0.1, -0.05) is 25.3 Å². The summed E-state index contributed by atoms with van der Waals surface area (Å²) in [6.45, 7) is 0.791. The highest BCUT2D eigenvalue weighted by Crippen LogP contribution is 2.20.